The van der Waals surface area contributed by atoms with Gasteiger partial charge in [0.25, 0.3) is 0 Å². The summed E-state index contributed by atoms with van der Waals surface area (Å²) in [4.78, 5) is 12.9. The summed E-state index contributed by atoms with van der Waals surface area (Å²) in [6, 6.07) is 0. The molecule has 1 N–H and O–H groups in total. The van der Waals surface area contributed by atoms with Crippen molar-refractivity contribution in [3.8, 4) is 0 Å². The number of β-amino-alcohol motifs (C(OH)–C–C–N with tert-alkyl or cyclic N) is 1. The van der Waals surface area contributed by atoms with E-state index in [9.17, 15) is 4.79 Å². The predicted octanol–water partition coefficient (Wildman–Crippen LogP) is 0.0644. The minimum atomic E-state index is -0.318. The van der Waals surface area contributed by atoms with Crippen LogP contribution in [0.25, 0.3) is 0 Å². The molecule has 1 aliphatic rings. The molecule has 0 aromatic carbocycles. The maximum atomic E-state index is 11.2. The Hall–Kier alpha value is -0.280. The van der Waals surface area contributed by atoms with Crippen LogP contribution in [0, 0.1) is 5.92 Å². The summed E-state index contributed by atoms with van der Waals surface area (Å²) in [7, 11) is 0. The van der Waals surface area contributed by atoms with Crippen LogP contribution in [0.1, 0.15) is 6.92 Å². The quantitative estimate of drug-likeness (QED) is 0.607. The second kappa shape index (κ2) is 3.41. The van der Waals surface area contributed by atoms with Crippen LogP contribution in [0.3, 0.4) is 0 Å². The van der Waals surface area contributed by atoms with Gasteiger partial charge in [0.05, 0.1) is 6.10 Å². The Morgan fingerprint density at radius 1 is 1.82 bits per heavy atom. The second-order valence-electron chi connectivity index (χ2n) is 2.95. The number of hydrogen-bond donors (Lipinski definition) is 1. The van der Waals surface area contributed by atoms with Gasteiger partial charge in [0.1, 0.15) is 0 Å². The summed E-state index contributed by atoms with van der Waals surface area (Å²) < 4.78 is 0. The average molecular weight is 178 g/mol. The number of nitrogens with zero attached hydrogens (tertiary/aromatic N) is 1. The molecular weight excluding hydrogens is 166 g/mol. The lowest BCUT2D eigenvalue weighted by atomic mass is 10.1. The molecular formula is C7H12ClNO2. The standard InChI is InChI=1S/C7H12ClNO2/c1-5(2-8)7(11)9-3-6(10)4-9/h5-6,10H,2-4H2,1H3. The van der Waals surface area contributed by atoms with Gasteiger partial charge < -0.3 is 10.0 Å². The summed E-state index contributed by atoms with van der Waals surface area (Å²) in [5.41, 5.74) is 0. The first-order valence-corrected chi connectivity index (χ1v) is 4.21. The van der Waals surface area contributed by atoms with Crippen LogP contribution in [0.15, 0.2) is 0 Å². The number of halogens is 1. The van der Waals surface area contributed by atoms with E-state index >= 15 is 0 Å². The predicted molar refractivity (Wildman–Crippen MR) is 42.5 cm³/mol. The van der Waals surface area contributed by atoms with Gasteiger partial charge in [-0.15, -0.1) is 11.6 Å². The second-order valence-corrected chi connectivity index (χ2v) is 3.26. The fourth-order valence-corrected chi connectivity index (χ4v) is 1.14. The Kier molecular flexibility index (Phi) is 2.73. The normalized spacial score (nSPS) is 21.2. The van der Waals surface area contributed by atoms with Crippen molar-refractivity contribution in [1.82, 2.24) is 4.90 Å². The molecule has 0 saturated carbocycles. The lowest BCUT2D eigenvalue weighted by Crippen LogP contribution is -2.55. The van der Waals surface area contributed by atoms with Crippen LogP contribution in [-0.4, -0.2) is 41.0 Å². The fourth-order valence-electron chi connectivity index (χ4n) is 1.01. The van der Waals surface area contributed by atoms with Gasteiger partial charge >= 0.3 is 0 Å². The molecule has 0 aromatic heterocycles. The number of alkyl halides is 1. The van der Waals surface area contributed by atoms with E-state index in [1.807, 2.05) is 0 Å². The van der Waals surface area contributed by atoms with Gasteiger partial charge in [-0.05, 0) is 0 Å². The highest BCUT2D eigenvalue weighted by Gasteiger charge is 2.30. The third-order valence-corrected chi connectivity index (χ3v) is 2.29. The molecule has 0 aliphatic carbocycles. The Morgan fingerprint density at radius 3 is 2.73 bits per heavy atom. The topological polar surface area (TPSA) is 40.5 Å². The molecule has 1 aliphatic heterocycles. The van der Waals surface area contributed by atoms with Crippen molar-refractivity contribution >= 4 is 17.5 Å². The van der Waals surface area contributed by atoms with Gasteiger partial charge in [-0.3, -0.25) is 4.79 Å². The summed E-state index contributed by atoms with van der Waals surface area (Å²) in [5.74, 6) is 0.278. The zero-order valence-electron chi connectivity index (χ0n) is 6.46. The lowest BCUT2D eigenvalue weighted by molar-refractivity contribution is -0.144. The van der Waals surface area contributed by atoms with E-state index in [0.717, 1.165) is 0 Å². The molecule has 1 fully saturated rings. The van der Waals surface area contributed by atoms with Crippen LogP contribution in [0.4, 0.5) is 0 Å². The SMILES string of the molecule is CC(CCl)C(=O)N1CC(O)C1. The van der Waals surface area contributed by atoms with Crippen molar-refractivity contribution in [2.75, 3.05) is 19.0 Å². The Morgan fingerprint density at radius 2 is 2.36 bits per heavy atom. The first-order valence-electron chi connectivity index (χ1n) is 3.68. The molecule has 1 unspecified atom stereocenters. The Labute approximate surface area is 70.9 Å². The summed E-state index contributed by atoms with van der Waals surface area (Å²) >= 11 is 5.50. The summed E-state index contributed by atoms with van der Waals surface area (Å²) in [5, 5.41) is 8.89. The number of aliphatic hydroxyl groups excluding tert-OH is 1. The average Bonchev–Trinajstić information content (AvgIpc) is 1.96. The number of rotatable bonds is 2. The molecule has 3 nitrogen and oxygen atoms in total. The molecule has 4 heteroatoms. The molecule has 0 radical (unpaired) electrons. The van der Waals surface area contributed by atoms with Crippen molar-refractivity contribution in [1.29, 1.82) is 0 Å². The van der Waals surface area contributed by atoms with Crippen LogP contribution >= 0.6 is 11.6 Å². The molecule has 0 spiro atoms. The number of hydrogen-bond acceptors (Lipinski definition) is 2. The summed E-state index contributed by atoms with van der Waals surface area (Å²) in [6.45, 7) is 2.74. The zero-order chi connectivity index (χ0) is 8.43. The molecule has 11 heavy (non-hydrogen) atoms. The fraction of sp³-hybridized carbons (Fsp3) is 0.857. The highest BCUT2D eigenvalue weighted by atomic mass is 35.5. The Balaban J connectivity index is 2.31. The van der Waals surface area contributed by atoms with Gasteiger partial charge in [-0.25, -0.2) is 0 Å². The van der Waals surface area contributed by atoms with Crippen molar-refractivity contribution in [3.05, 3.63) is 0 Å². The third-order valence-electron chi connectivity index (χ3n) is 1.83. The number of likely N-dealkylation sites (tertiary alicyclic amines) is 1. The van der Waals surface area contributed by atoms with Crippen LogP contribution in [0.5, 0.6) is 0 Å². The van der Waals surface area contributed by atoms with E-state index in [1.54, 1.807) is 11.8 Å². The van der Waals surface area contributed by atoms with E-state index in [4.69, 9.17) is 16.7 Å². The monoisotopic (exact) mass is 177 g/mol. The lowest BCUT2D eigenvalue weighted by Gasteiger charge is -2.37. The maximum Gasteiger partial charge on any atom is 0.226 e. The van der Waals surface area contributed by atoms with E-state index in [1.165, 1.54) is 0 Å². The van der Waals surface area contributed by atoms with Crippen LogP contribution in [-0.2, 0) is 4.79 Å². The van der Waals surface area contributed by atoms with E-state index in [0.29, 0.717) is 19.0 Å². The van der Waals surface area contributed by atoms with Crippen molar-refractivity contribution < 1.29 is 9.90 Å². The number of carbonyl (C=O) groups excluding carboxylic acids is 1. The van der Waals surface area contributed by atoms with Crippen molar-refractivity contribution in [2.24, 2.45) is 5.92 Å². The highest BCUT2D eigenvalue weighted by molar-refractivity contribution is 6.19. The first kappa shape index (κ1) is 8.81. The highest BCUT2D eigenvalue weighted by Crippen LogP contribution is 2.12. The Bertz CT molecular complexity index is 157. The molecule has 1 atom stereocenters. The molecule has 1 heterocycles. The first-order chi connectivity index (χ1) is 5.15. The largest absolute Gasteiger partial charge is 0.389 e. The van der Waals surface area contributed by atoms with Gasteiger partial charge in [-0.2, -0.15) is 0 Å². The molecule has 64 valence electrons. The number of carbonyl (C=O) groups is 1. The molecule has 1 saturated heterocycles. The molecule has 0 bridgehead atoms. The van der Waals surface area contributed by atoms with Crippen LogP contribution in [0.2, 0.25) is 0 Å². The summed E-state index contributed by atoms with van der Waals surface area (Å²) in [6.07, 6.45) is -0.318. The van der Waals surface area contributed by atoms with Gasteiger partial charge in [0.2, 0.25) is 5.91 Å². The van der Waals surface area contributed by atoms with E-state index in [-0.39, 0.29) is 17.9 Å². The maximum absolute atomic E-state index is 11.2. The smallest absolute Gasteiger partial charge is 0.226 e. The third kappa shape index (κ3) is 1.84. The number of aliphatic hydroxyl groups is 1. The molecule has 1 rings (SSSR count). The minimum Gasteiger partial charge on any atom is -0.389 e. The van der Waals surface area contributed by atoms with Gasteiger partial charge in [0, 0.05) is 24.9 Å². The van der Waals surface area contributed by atoms with Gasteiger partial charge in [-0.1, -0.05) is 6.92 Å². The van der Waals surface area contributed by atoms with Crippen molar-refractivity contribution in [3.63, 3.8) is 0 Å². The van der Waals surface area contributed by atoms with Crippen molar-refractivity contribution in [2.45, 2.75) is 13.0 Å². The minimum absolute atomic E-state index is 0.0466. The molecule has 0 aromatic rings. The van der Waals surface area contributed by atoms with Gasteiger partial charge in [0.15, 0.2) is 0 Å². The number of amides is 1. The van der Waals surface area contributed by atoms with E-state index in [2.05, 4.69) is 0 Å². The van der Waals surface area contributed by atoms with E-state index < -0.39 is 0 Å². The zero-order valence-corrected chi connectivity index (χ0v) is 7.21. The molecule has 1 amide bonds. The van der Waals surface area contributed by atoms with Crippen LogP contribution < -0.4 is 0 Å².